The number of hydrogen-bond donors (Lipinski definition) is 1. The third-order valence-electron chi connectivity index (χ3n) is 2.88. The molecule has 1 unspecified atom stereocenters. The van der Waals surface area contributed by atoms with Crippen LogP contribution in [0.3, 0.4) is 0 Å². The highest BCUT2D eigenvalue weighted by Gasteiger charge is 2.10. The molecule has 0 bridgehead atoms. The second-order valence-corrected chi connectivity index (χ2v) is 5.86. The Morgan fingerprint density at radius 1 is 1.17 bits per heavy atom. The van der Waals surface area contributed by atoms with E-state index in [2.05, 4.69) is 68.4 Å². The molecule has 0 amide bonds. The van der Waals surface area contributed by atoms with Gasteiger partial charge in [0.25, 0.3) is 0 Å². The second kappa shape index (κ2) is 6.55. The van der Waals surface area contributed by atoms with Crippen molar-refractivity contribution in [3.8, 4) is 0 Å². The van der Waals surface area contributed by atoms with E-state index in [1.54, 1.807) is 6.26 Å². The number of nitrogens with one attached hydrogen (secondary N) is 1. The summed E-state index contributed by atoms with van der Waals surface area (Å²) < 4.78 is 7.52. The molecule has 0 aliphatic heterocycles. The van der Waals surface area contributed by atoms with E-state index in [-0.39, 0.29) is 0 Å². The van der Waals surface area contributed by atoms with Crippen LogP contribution in [0, 0.1) is 0 Å². The van der Waals surface area contributed by atoms with Crippen LogP contribution < -0.4 is 5.32 Å². The Kier molecular flexibility index (Phi) is 5.03. The molecule has 96 valence electrons. The Labute approximate surface area is 124 Å². The minimum Gasteiger partial charge on any atom is -0.467 e. The molecule has 2 aromatic rings. The lowest BCUT2D eigenvalue weighted by Crippen LogP contribution is -2.20. The van der Waals surface area contributed by atoms with E-state index in [1.165, 1.54) is 5.56 Å². The summed E-state index contributed by atoms with van der Waals surface area (Å²) in [6.07, 6.45) is 2.74. The number of halogens is 2. The van der Waals surface area contributed by atoms with Crippen molar-refractivity contribution in [1.29, 1.82) is 0 Å². The largest absolute Gasteiger partial charge is 0.467 e. The van der Waals surface area contributed by atoms with Gasteiger partial charge in [0, 0.05) is 10.5 Å². The maximum Gasteiger partial charge on any atom is 0.131 e. The average molecular weight is 373 g/mol. The third-order valence-corrected chi connectivity index (χ3v) is 4.12. The van der Waals surface area contributed by atoms with E-state index in [0.717, 1.165) is 27.7 Å². The molecular formula is C14H15Br2NO. The van der Waals surface area contributed by atoms with Gasteiger partial charge in [-0.2, -0.15) is 0 Å². The molecule has 0 spiro atoms. The van der Waals surface area contributed by atoms with Crippen LogP contribution in [0.2, 0.25) is 0 Å². The van der Waals surface area contributed by atoms with Gasteiger partial charge in [-0.25, -0.2) is 0 Å². The predicted octanol–water partition coefficient (Wildman–Crippen LogP) is 5.05. The van der Waals surface area contributed by atoms with Crippen molar-refractivity contribution in [2.45, 2.75) is 25.9 Å². The van der Waals surface area contributed by atoms with Crippen LogP contribution >= 0.6 is 31.9 Å². The van der Waals surface area contributed by atoms with Gasteiger partial charge in [-0.1, -0.05) is 35.0 Å². The molecule has 1 heterocycles. The molecule has 1 atom stereocenters. The Hall–Kier alpha value is -0.580. The van der Waals surface area contributed by atoms with Gasteiger partial charge in [-0.3, -0.25) is 0 Å². The van der Waals surface area contributed by atoms with Crippen LogP contribution in [-0.2, 0) is 6.54 Å². The van der Waals surface area contributed by atoms with Gasteiger partial charge in [0.1, 0.15) is 5.76 Å². The summed E-state index contributed by atoms with van der Waals surface area (Å²) in [5.74, 6) is 0.936. The Balaban J connectivity index is 2.01. The van der Waals surface area contributed by atoms with Crippen LogP contribution in [0.15, 0.2) is 50.0 Å². The fraction of sp³-hybridized carbons (Fsp3) is 0.286. The highest BCUT2D eigenvalue weighted by molar-refractivity contribution is 9.10. The van der Waals surface area contributed by atoms with Crippen molar-refractivity contribution in [1.82, 2.24) is 5.32 Å². The minimum atomic E-state index is 0.343. The lowest BCUT2D eigenvalue weighted by atomic mass is 10.0. The molecule has 0 saturated heterocycles. The van der Waals surface area contributed by atoms with Gasteiger partial charge in [0.05, 0.1) is 17.3 Å². The predicted molar refractivity (Wildman–Crippen MR) is 80.4 cm³/mol. The highest BCUT2D eigenvalue weighted by atomic mass is 79.9. The standard InChI is InChI=1S/C14H15Br2NO/c1-2-13(10-3-5-11(15)6-4-10)17-9-14-12(16)7-8-18-14/h3-8,13,17H,2,9H2,1H3. The fourth-order valence-electron chi connectivity index (χ4n) is 1.86. The van der Waals surface area contributed by atoms with Crippen LogP contribution in [-0.4, -0.2) is 0 Å². The summed E-state index contributed by atoms with van der Waals surface area (Å²) in [7, 11) is 0. The Bertz CT molecular complexity index is 493. The average Bonchev–Trinajstić information content (AvgIpc) is 2.78. The van der Waals surface area contributed by atoms with Crippen molar-refractivity contribution < 1.29 is 4.42 Å². The van der Waals surface area contributed by atoms with Crippen molar-refractivity contribution >= 4 is 31.9 Å². The molecule has 1 aromatic carbocycles. The topological polar surface area (TPSA) is 25.2 Å². The maximum atomic E-state index is 5.40. The van der Waals surface area contributed by atoms with Gasteiger partial charge in [-0.05, 0) is 46.1 Å². The summed E-state index contributed by atoms with van der Waals surface area (Å²) in [4.78, 5) is 0. The first-order valence-electron chi connectivity index (χ1n) is 5.91. The Morgan fingerprint density at radius 2 is 1.89 bits per heavy atom. The molecule has 0 radical (unpaired) electrons. The zero-order valence-electron chi connectivity index (χ0n) is 10.1. The zero-order chi connectivity index (χ0) is 13.0. The van der Waals surface area contributed by atoms with Crippen LogP contribution in [0.25, 0.3) is 0 Å². The van der Waals surface area contributed by atoms with Crippen LogP contribution in [0.1, 0.15) is 30.7 Å². The number of benzene rings is 1. The third kappa shape index (κ3) is 3.46. The van der Waals surface area contributed by atoms with Crippen LogP contribution in [0.5, 0.6) is 0 Å². The zero-order valence-corrected chi connectivity index (χ0v) is 13.3. The molecule has 0 fully saturated rings. The van der Waals surface area contributed by atoms with Gasteiger partial charge >= 0.3 is 0 Å². The molecule has 0 saturated carbocycles. The molecule has 0 aliphatic rings. The second-order valence-electron chi connectivity index (χ2n) is 4.09. The minimum absolute atomic E-state index is 0.343. The Morgan fingerprint density at radius 3 is 2.44 bits per heavy atom. The molecular weight excluding hydrogens is 358 g/mol. The van der Waals surface area contributed by atoms with E-state index >= 15 is 0 Å². The van der Waals surface area contributed by atoms with Gasteiger partial charge in [0.2, 0.25) is 0 Å². The highest BCUT2D eigenvalue weighted by Crippen LogP contribution is 2.22. The first kappa shape index (κ1) is 13.8. The van der Waals surface area contributed by atoms with Gasteiger partial charge in [-0.15, -0.1) is 0 Å². The summed E-state index contributed by atoms with van der Waals surface area (Å²) in [5, 5.41) is 3.51. The number of hydrogen-bond acceptors (Lipinski definition) is 2. The molecule has 4 heteroatoms. The van der Waals surface area contributed by atoms with Crippen molar-refractivity contribution in [3.05, 3.63) is 56.9 Å². The first-order chi connectivity index (χ1) is 8.70. The van der Waals surface area contributed by atoms with Gasteiger partial charge in [0.15, 0.2) is 0 Å². The lowest BCUT2D eigenvalue weighted by molar-refractivity contribution is 0.441. The van der Waals surface area contributed by atoms with E-state index in [9.17, 15) is 0 Å². The number of furan rings is 1. The van der Waals surface area contributed by atoms with E-state index in [4.69, 9.17) is 4.42 Å². The first-order valence-corrected chi connectivity index (χ1v) is 7.50. The smallest absolute Gasteiger partial charge is 0.131 e. The fourth-order valence-corrected chi connectivity index (χ4v) is 2.47. The monoisotopic (exact) mass is 371 g/mol. The van der Waals surface area contributed by atoms with E-state index in [0.29, 0.717) is 6.04 Å². The molecule has 2 rings (SSSR count). The SMILES string of the molecule is CCC(NCc1occc1Br)c1ccc(Br)cc1. The molecule has 18 heavy (non-hydrogen) atoms. The summed E-state index contributed by atoms with van der Waals surface area (Å²) in [6.45, 7) is 2.90. The van der Waals surface area contributed by atoms with Crippen molar-refractivity contribution in [2.75, 3.05) is 0 Å². The maximum absolute atomic E-state index is 5.40. The van der Waals surface area contributed by atoms with E-state index in [1.807, 2.05) is 6.07 Å². The normalized spacial score (nSPS) is 12.6. The van der Waals surface area contributed by atoms with E-state index < -0.39 is 0 Å². The number of rotatable bonds is 5. The molecule has 0 aliphatic carbocycles. The summed E-state index contributed by atoms with van der Waals surface area (Å²) in [6, 6.07) is 10.7. The molecule has 2 nitrogen and oxygen atoms in total. The van der Waals surface area contributed by atoms with Crippen molar-refractivity contribution in [2.24, 2.45) is 0 Å². The van der Waals surface area contributed by atoms with Gasteiger partial charge < -0.3 is 9.73 Å². The molecule has 1 N–H and O–H groups in total. The van der Waals surface area contributed by atoms with Crippen molar-refractivity contribution in [3.63, 3.8) is 0 Å². The summed E-state index contributed by atoms with van der Waals surface area (Å²) in [5.41, 5.74) is 1.29. The summed E-state index contributed by atoms with van der Waals surface area (Å²) >= 11 is 6.92. The quantitative estimate of drug-likeness (QED) is 0.794. The van der Waals surface area contributed by atoms with Crippen LogP contribution in [0.4, 0.5) is 0 Å². The molecule has 1 aromatic heterocycles. The lowest BCUT2D eigenvalue weighted by Gasteiger charge is -2.17.